The van der Waals surface area contributed by atoms with Gasteiger partial charge in [0.1, 0.15) is 0 Å². The molecule has 0 saturated carbocycles. The molecule has 1 aromatic carbocycles. The minimum absolute atomic E-state index is 0.0138. The molecule has 0 spiro atoms. The zero-order valence-corrected chi connectivity index (χ0v) is 14.3. The third-order valence-electron chi connectivity index (χ3n) is 4.81. The Kier molecular flexibility index (Phi) is 4.79. The van der Waals surface area contributed by atoms with Gasteiger partial charge in [0.2, 0.25) is 5.60 Å². The van der Waals surface area contributed by atoms with Crippen molar-refractivity contribution in [3.05, 3.63) is 42.6 Å². The number of carbonyl (C=O) groups is 1. The highest BCUT2D eigenvalue weighted by molar-refractivity contribution is 5.85. The molecule has 1 amide bonds. The van der Waals surface area contributed by atoms with Gasteiger partial charge in [0.05, 0.1) is 11.7 Å². The lowest BCUT2D eigenvalue weighted by Gasteiger charge is -2.37. The molecule has 26 heavy (non-hydrogen) atoms. The molecule has 1 aliphatic rings. The number of hydrogen-bond donors (Lipinski definition) is 1. The van der Waals surface area contributed by atoms with Gasteiger partial charge in [-0.15, -0.1) is 0 Å². The summed E-state index contributed by atoms with van der Waals surface area (Å²) in [6.07, 6.45) is -2.36. The lowest BCUT2D eigenvalue weighted by Crippen LogP contribution is -2.57. The van der Waals surface area contributed by atoms with Crippen molar-refractivity contribution in [1.29, 1.82) is 0 Å². The number of amides is 1. The van der Waals surface area contributed by atoms with E-state index in [0.29, 0.717) is 19.8 Å². The number of likely N-dealkylation sites (tertiary alicyclic amines) is 1. The molecular weight excluding hydrogens is 347 g/mol. The third-order valence-corrected chi connectivity index (χ3v) is 4.81. The molecule has 3 rings (SSSR count). The number of halogens is 3. The summed E-state index contributed by atoms with van der Waals surface area (Å²) < 4.78 is 40.5. The first kappa shape index (κ1) is 18.4. The first-order chi connectivity index (χ1) is 12.2. The maximum Gasteiger partial charge on any atom is 0.426 e. The van der Waals surface area contributed by atoms with Crippen LogP contribution in [0.25, 0.3) is 11.3 Å². The van der Waals surface area contributed by atoms with E-state index in [-0.39, 0.29) is 19.1 Å². The van der Waals surface area contributed by atoms with Gasteiger partial charge in [-0.05, 0) is 31.4 Å². The van der Waals surface area contributed by atoms with E-state index in [9.17, 15) is 23.1 Å². The van der Waals surface area contributed by atoms with Crippen molar-refractivity contribution in [2.24, 2.45) is 0 Å². The van der Waals surface area contributed by atoms with Crippen molar-refractivity contribution in [3.8, 4) is 11.3 Å². The highest BCUT2D eigenvalue weighted by Gasteiger charge is 2.57. The average Bonchev–Trinajstić information content (AvgIpc) is 3.10. The number of aromatic nitrogens is 2. The van der Waals surface area contributed by atoms with Crippen LogP contribution in [0.1, 0.15) is 25.8 Å². The van der Waals surface area contributed by atoms with Crippen LogP contribution in [-0.2, 0) is 4.79 Å². The summed E-state index contributed by atoms with van der Waals surface area (Å²) in [7, 11) is 0. The minimum atomic E-state index is -5.00. The van der Waals surface area contributed by atoms with Crippen molar-refractivity contribution in [2.75, 3.05) is 13.1 Å². The van der Waals surface area contributed by atoms with Gasteiger partial charge >= 0.3 is 6.18 Å². The smallest absolute Gasteiger partial charge is 0.373 e. The first-order valence-corrected chi connectivity index (χ1v) is 8.39. The van der Waals surface area contributed by atoms with E-state index in [1.54, 1.807) is 6.20 Å². The maximum atomic E-state index is 12.9. The fourth-order valence-corrected chi connectivity index (χ4v) is 3.19. The molecule has 5 nitrogen and oxygen atoms in total. The fraction of sp³-hybridized carbons (Fsp3) is 0.444. The number of nitrogens with zero attached hydrogens (tertiary/aromatic N) is 3. The molecule has 8 heteroatoms. The summed E-state index contributed by atoms with van der Waals surface area (Å²) in [5.41, 5.74) is -1.43. The Bertz CT molecular complexity index is 763. The summed E-state index contributed by atoms with van der Waals surface area (Å²) in [5.74, 6) is -1.30. The quantitative estimate of drug-likeness (QED) is 0.907. The second-order valence-corrected chi connectivity index (χ2v) is 6.62. The van der Waals surface area contributed by atoms with Gasteiger partial charge in [0.15, 0.2) is 0 Å². The van der Waals surface area contributed by atoms with Crippen molar-refractivity contribution in [1.82, 2.24) is 14.7 Å². The van der Waals surface area contributed by atoms with Crippen LogP contribution in [0.15, 0.2) is 42.6 Å². The second-order valence-electron chi connectivity index (χ2n) is 6.62. The summed E-state index contributed by atoms with van der Waals surface area (Å²) in [5, 5.41) is 13.9. The summed E-state index contributed by atoms with van der Waals surface area (Å²) in [6, 6.07) is 11.6. The van der Waals surface area contributed by atoms with E-state index in [4.69, 9.17) is 0 Å². The number of carbonyl (C=O) groups excluding carboxylic acids is 1. The van der Waals surface area contributed by atoms with Crippen LogP contribution >= 0.6 is 0 Å². The molecule has 1 aromatic heterocycles. The molecule has 0 bridgehead atoms. The van der Waals surface area contributed by atoms with Crippen LogP contribution in [0, 0.1) is 0 Å². The van der Waals surface area contributed by atoms with E-state index < -0.39 is 17.7 Å². The minimum Gasteiger partial charge on any atom is -0.373 e. The monoisotopic (exact) mass is 367 g/mol. The summed E-state index contributed by atoms with van der Waals surface area (Å²) in [4.78, 5) is 13.2. The third kappa shape index (κ3) is 3.33. The normalized spacial score (nSPS) is 18.6. The number of rotatable bonds is 3. The molecule has 1 fully saturated rings. The largest absolute Gasteiger partial charge is 0.426 e. The van der Waals surface area contributed by atoms with Crippen LogP contribution in [-0.4, -0.2) is 50.6 Å². The molecule has 2 heterocycles. The van der Waals surface area contributed by atoms with Gasteiger partial charge in [-0.25, -0.2) is 0 Å². The summed E-state index contributed by atoms with van der Waals surface area (Å²) in [6.45, 7) is 0.788. The Morgan fingerprint density at radius 1 is 1.15 bits per heavy atom. The van der Waals surface area contributed by atoms with Crippen molar-refractivity contribution < 1.29 is 23.1 Å². The Labute approximate surface area is 149 Å². The second kappa shape index (κ2) is 6.75. The Hall–Kier alpha value is -2.35. The van der Waals surface area contributed by atoms with Gasteiger partial charge in [0.25, 0.3) is 5.91 Å². The van der Waals surface area contributed by atoms with Crippen LogP contribution in [0.5, 0.6) is 0 Å². The fourth-order valence-electron chi connectivity index (χ4n) is 3.19. The molecule has 140 valence electrons. The molecule has 1 unspecified atom stereocenters. The van der Waals surface area contributed by atoms with E-state index in [0.717, 1.165) is 16.2 Å². The zero-order valence-electron chi connectivity index (χ0n) is 14.3. The van der Waals surface area contributed by atoms with Gasteiger partial charge in [-0.2, -0.15) is 18.3 Å². The molecule has 2 aromatic rings. The molecule has 1 atom stereocenters. The lowest BCUT2D eigenvalue weighted by molar-refractivity contribution is -0.250. The zero-order chi connectivity index (χ0) is 18.9. The van der Waals surface area contributed by atoms with E-state index in [2.05, 4.69) is 5.10 Å². The van der Waals surface area contributed by atoms with Gasteiger partial charge in [-0.3, -0.25) is 9.48 Å². The highest BCUT2D eigenvalue weighted by Crippen LogP contribution is 2.34. The van der Waals surface area contributed by atoms with Crippen LogP contribution in [0.3, 0.4) is 0 Å². The number of benzene rings is 1. The van der Waals surface area contributed by atoms with Crippen LogP contribution in [0.2, 0.25) is 0 Å². The molecular formula is C18H20F3N3O2. The van der Waals surface area contributed by atoms with Gasteiger partial charge in [-0.1, -0.05) is 30.3 Å². The standard InChI is InChI=1S/C18H20F3N3O2/c1-17(26,18(19,20)21)16(25)23-11-8-14(9-12-23)24-15(7-10-22-24)13-5-3-2-4-6-13/h2-7,10,14,26H,8-9,11-12H2,1H3. The Morgan fingerprint density at radius 3 is 2.35 bits per heavy atom. The molecule has 0 radical (unpaired) electrons. The van der Waals surface area contributed by atoms with Gasteiger partial charge < -0.3 is 10.0 Å². The van der Waals surface area contributed by atoms with Crippen molar-refractivity contribution in [2.45, 2.75) is 37.6 Å². The number of aliphatic hydroxyl groups is 1. The van der Waals surface area contributed by atoms with E-state index in [1.165, 1.54) is 0 Å². The average molecular weight is 367 g/mol. The van der Waals surface area contributed by atoms with E-state index in [1.807, 2.05) is 41.1 Å². The van der Waals surface area contributed by atoms with Crippen molar-refractivity contribution >= 4 is 5.91 Å². The predicted molar refractivity (Wildman–Crippen MR) is 89.2 cm³/mol. The molecule has 1 aliphatic heterocycles. The SMILES string of the molecule is CC(O)(C(=O)N1CCC(n2nccc2-c2ccccc2)CC1)C(F)(F)F. The maximum absolute atomic E-state index is 12.9. The molecule has 0 aliphatic carbocycles. The highest BCUT2D eigenvalue weighted by atomic mass is 19.4. The molecule has 1 N–H and O–H groups in total. The number of hydrogen-bond acceptors (Lipinski definition) is 3. The van der Waals surface area contributed by atoms with E-state index >= 15 is 0 Å². The van der Waals surface area contributed by atoms with Crippen LogP contribution in [0.4, 0.5) is 13.2 Å². The predicted octanol–water partition coefficient (Wildman–Crippen LogP) is 3.03. The van der Waals surface area contributed by atoms with Crippen LogP contribution < -0.4 is 0 Å². The molecule has 1 saturated heterocycles. The van der Waals surface area contributed by atoms with Gasteiger partial charge in [0, 0.05) is 19.3 Å². The Balaban J connectivity index is 1.71. The van der Waals surface area contributed by atoms with Crippen molar-refractivity contribution in [3.63, 3.8) is 0 Å². The number of piperidine rings is 1. The lowest BCUT2D eigenvalue weighted by atomic mass is 9.99. The Morgan fingerprint density at radius 2 is 1.77 bits per heavy atom. The topological polar surface area (TPSA) is 58.4 Å². The first-order valence-electron chi connectivity index (χ1n) is 8.39. The number of alkyl halides is 3. The summed E-state index contributed by atoms with van der Waals surface area (Å²) >= 11 is 0.